The van der Waals surface area contributed by atoms with Gasteiger partial charge in [-0.3, -0.25) is 0 Å². The van der Waals surface area contributed by atoms with E-state index < -0.39 is 0 Å². The summed E-state index contributed by atoms with van der Waals surface area (Å²) in [6, 6.07) is 4.07. The summed E-state index contributed by atoms with van der Waals surface area (Å²) in [6.45, 7) is 2.03. The van der Waals surface area contributed by atoms with Crippen molar-refractivity contribution in [3.05, 3.63) is 27.4 Å². The lowest BCUT2D eigenvalue weighted by Crippen LogP contribution is -2.31. The minimum Gasteiger partial charge on any atom is -0.493 e. The van der Waals surface area contributed by atoms with E-state index in [1.807, 2.05) is 19.1 Å². The fraction of sp³-hybridized carbons (Fsp3) is 0.462. The molecule has 0 spiro atoms. The molecule has 1 heterocycles. The topological polar surface area (TPSA) is 65.5 Å². The number of nitrogens with two attached hydrogens (primary N) is 1. The second kappa shape index (κ2) is 3.83. The summed E-state index contributed by atoms with van der Waals surface area (Å²) in [5.41, 5.74) is 7.82. The van der Waals surface area contributed by atoms with Crippen LogP contribution in [0.25, 0.3) is 10.3 Å². The molecule has 0 aliphatic heterocycles. The van der Waals surface area contributed by atoms with Crippen molar-refractivity contribution in [1.29, 1.82) is 0 Å². The lowest BCUT2D eigenvalue weighted by Gasteiger charge is -2.20. The van der Waals surface area contributed by atoms with Crippen molar-refractivity contribution >= 4 is 21.6 Å². The number of rotatable bonds is 3. The zero-order valence-corrected chi connectivity index (χ0v) is 11.2. The SMILES string of the molecule is COc1cc(C2(C(C)N)CC2)cc2sc(=O)oc12. The predicted molar refractivity (Wildman–Crippen MR) is 71.5 cm³/mol. The van der Waals surface area contributed by atoms with Crippen LogP contribution in [-0.2, 0) is 5.41 Å². The average Bonchev–Trinajstić information content (AvgIpc) is 3.05. The van der Waals surface area contributed by atoms with Gasteiger partial charge < -0.3 is 14.9 Å². The molecule has 3 rings (SSSR count). The third-order valence-electron chi connectivity index (χ3n) is 3.85. The van der Waals surface area contributed by atoms with Crippen molar-refractivity contribution in [1.82, 2.24) is 0 Å². The number of benzene rings is 1. The smallest absolute Gasteiger partial charge is 0.396 e. The van der Waals surface area contributed by atoms with Gasteiger partial charge in [0.2, 0.25) is 0 Å². The Morgan fingerprint density at radius 3 is 2.78 bits per heavy atom. The van der Waals surface area contributed by atoms with Gasteiger partial charge in [-0.15, -0.1) is 0 Å². The predicted octanol–water partition coefficient (Wildman–Crippen LogP) is 2.24. The Morgan fingerprint density at radius 2 is 2.22 bits per heavy atom. The van der Waals surface area contributed by atoms with E-state index in [0.717, 1.165) is 34.4 Å². The zero-order valence-electron chi connectivity index (χ0n) is 10.4. The van der Waals surface area contributed by atoms with Crippen molar-refractivity contribution in [2.45, 2.75) is 31.2 Å². The van der Waals surface area contributed by atoms with Crippen LogP contribution in [-0.4, -0.2) is 13.2 Å². The van der Waals surface area contributed by atoms with Crippen LogP contribution in [0.4, 0.5) is 0 Å². The van der Waals surface area contributed by atoms with Crippen LogP contribution in [0.5, 0.6) is 5.75 Å². The second-order valence-corrected chi connectivity index (χ2v) is 5.88. The van der Waals surface area contributed by atoms with Gasteiger partial charge in [0, 0.05) is 11.5 Å². The van der Waals surface area contributed by atoms with E-state index in [0.29, 0.717) is 11.3 Å². The lowest BCUT2D eigenvalue weighted by atomic mass is 9.89. The largest absolute Gasteiger partial charge is 0.493 e. The molecule has 0 radical (unpaired) electrons. The summed E-state index contributed by atoms with van der Waals surface area (Å²) < 4.78 is 11.3. The van der Waals surface area contributed by atoms with Gasteiger partial charge in [-0.05, 0) is 37.5 Å². The molecule has 5 heteroatoms. The van der Waals surface area contributed by atoms with Gasteiger partial charge >= 0.3 is 4.94 Å². The highest BCUT2D eigenvalue weighted by molar-refractivity contribution is 7.16. The highest BCUT2D eigenvalue weighted by Crippen LogP contribution is 2.52. The lowest BCUT2D eigenvalue weighted by molar-refractivity contribution is 0.407. The van der Waals surface area contributed by atoms with Crippen molar-refractivity contribution in [2.75, 3.05) is 7.11 Å². The van der Waals surface area contributed by atoms with E-state index >= 15 is 0 Å². The van der Waals surface area contributed by atoms with Crippen molar-refractivity contribution < 1.29 is 9.15 Å². The molecule has 1 aliphatic carbocycles. The van der Waals surface area contributed by atoms with E-state index in [1.165, 1.54) is 0 Å². The molecular weight excluding hydrogens is 250 g/mol. The van der Waals surface area contributed by atoms with Crippen LogP contribution in [0.1, 0.15) is 25.3 Å². The Kier molecular flexibility index (Phi) is 2.50. The van der Waals surface area contributed by atoms with Crippen LogP contribution in [0.3, 0.4) is 0 Å². The molecule has 1 saturated carbocycles. The highest BCUT2D eigenvalue weighted by Gasteiger charge is 2.47. The fourth-order valence-electron chi connectivity index (χ4n) is 2.53. The number of ether oxygens (including phenoxy) is 1. The summed E-state index contributed by atoms with van der Waals surface area (Å²) in [5.74, 6) is 0.618. The third-order valence-corrected chi connectivity index (χ3v) is 4.63. The fourth-order valence-corrected chi connectivity index (χ4v) is 3.25. The van der Waals surface area contributed by atoms with Gasteiger partial charge in [0.25, 0.3) is 0 Å². The maximum Gasteiger partial charge on any atom is 0.396 e. The van der Waals surface area contributed by atoms with Gasteiger partial charge in [-0.1, -0.05) is 11.3 Å². The first-order valence-electron chi connectivity index (χ1n) is 5.94. The molecule has 1 unspecified atom stereocenters. The van der Waals surface area contributed by atoms with Crippen molar-refractivity contribution in [3.8, 4) is 5.75 Å². The molecular formula is C13H15NO3S. The van der Waals surface area contributed by atoms with Crippen LogP contribution in [0.15, 0.2) is 21.3 Å². The van der Waals surface area contributed by atoms with Gasteiger partial charge in [-0.25, -0.2) is 4.79 Å². The van der Waals surface area contributed by atoms with Crippen LogP contribution in [0, 0.1) is 0 Å². The highest BCUT2D eigenvalue weighted by atomic mass is 32.1. The molecule has 2 aromatic rings. The van der Waals surface area contributed by atoms with Crippen LogP contribution >= 0.6 is 11.3 Å². The Bertz CT molecular complexity index is 652. The maximum absolute atomic E-state index is 11.3. The molecule has 2 N–H and O–H groups in total. The Hall–Kier alpha value is -1.33. The molecule has 1 aromatic carbocycles. The second-order valence-electron chi connectivity index (χ2n) is 4.90. The van der Waals surface area contributed by atoms with Crippen molar-refractivity contribution in [2.24, 2.45) is 5.73 Å². The van der Waals surface area contributed by atoms with Gasteiger partial charge in [0.1, 0.15) is 0 Å². The molecule has 1 aromatic heterocycles. The Labute approximate surface area is 108 Å². The number of hydrogen-bond donors (Lipinski definition) is 1. The molecule has 0 saturated heterocycles. The zero-order chi connectivity index (χ0) is 12.9. The third kappa shape index (κ3) is 1.58. The van der Waals surface area contributed by atoms with E-state index in [2.05, 4.69) is 0 Å². The normalized spacial score (nSPS) is 18.8. The molecule has 4 nitrogen and oxygen atoms in total. The summed E-state index contributed by atoms with van der Waals surface area (Å²) >= 11 is 1.11. The summed E-state index contributed by atoms with van der Waals surface area (Å²) in [6.07, 6.45) is 2.18. The average molecular weight is 265 g/mol. The number of hydrogen-bond acceptors (Lipinski definition) is 5. The first kappa shape index (κ1) is 11.7. The summed E-state index contributed by atoms with van der Waals surface area (Å²) in [7, 11) is 1.58. The van der Waals surface area contributed by atoms with E-state index in [1.54, 1.807) is 7.11 Å². The molecule has 96 valence electrons. The van der Waals surface area contributed by atoms with E-state index in [9.17, 15) is 4.79 Å². The minimum absolute atomic E-state index is 0.0501. The molecule has 0 bridgehead atoms. The molecule has 1 aliphatic rings. The van der Waals surface area contributed by atoms with Gasteiger partial charge in [0.15, 0.2) is 11.3 Å². The maximum atomic E-state index is 11.3. The molecule has 0 amide bonds. The summed E-state index contributed by atoms with van der Waals surface area (Å²) in [4.78, 5) is 11.0. The Morgan fingerprint density at radius 1 is 1.50 bits per heavy atom. The van der Waals surface area contributed by atoms with Crippen LogP contribution in [0.2, 0.25) is 0 Å². The van der Waals surface area contributed by atoms with Gasteiger partial charge in [-0.2, -0.15) is 0 Å². The van der Waals surface area contributed by atoms with Gasteiger partial charge in [0.05, 0.1) is 11.8 Å². The minimum atomic E-state index is -0.300. The monoisotopic (exact) mass is 265 g/mol. The first-order valence-corrected chi connectivity index (χ1v) is 6.76. The summed E-state index contributed by atoms with van der Waals surface area (Å²) in [5, 5.41) is 0. The standard InChI is InChI=1S/C13H15NO3S/c1-7(14)13(3-4-13)8-5-9(16-2)11-10(6-8)18-12(15)17-11/h5-7H,3-4,14H2,1-2H3. The van der Waals surface area contributed by atoms with Crippen LogP contribution < -0.4 is 15.4 Å². The van der Waals surface area contributed by atoms with E-state index in [4.69, 9.17) is 14.9 Å². The first-order chi connectivity index (χ1) is 8.56. The molecule has 1 fully saturated rings. The number of methoxy groups -OCH3 is 1. The van der Waals surface area contributed by atoms with E-state index in [-0.39, 0.29) is 16.4 Å². The van der Waals surface area contributed by atoms with Crippen molar-refractivity contribution in [3.63, 3.8) is 0 Å². The quantitative estimate of drug-likeness (QED) is 0.924. The molecule has 1 atom stereocenters. The Balaban J connectivity index is 2.23. The number of fused-ring (bicyclic) bond motifs is 1. The molecule has 18 heavy (non-hydrogen) atoms.